The lowest BCUT2D eigenvalue weighted by atomic mass is 10.3. The van der Waals surface area contributed by atoms with Crippen LogP contribution in [0.3, 0.4) is 0 Å². The van der Waals surface area contributed by atoms with Crippen LogP contribution in [0.1, 0.15) is 11.6 Å². The molecule has 0 atom stereocenters. The molecule has 0 aliphatic rings. The van der Waals surface area contributed by atoms with Gasteiger partial charge < -0.3 is 4.52 Å². The average molecular weight is 235 g/mol. The fourth-order valence-corrected chi connectivity index (χ4v) is 1.73. The summed E-state index contributed by atoms with van der Waals surface area (Å²) in [6, 6.07) is 0. The number of rotatable bonds is 1. The third-order valence-corrected chi connectivity index (χ3v) is 2.39. The van der Waals surface area contributed by atoms with Crippen molar-refractivity contribution < 1.29 is 17.7 Å². The Labute approximate surface area is 85.8 Å². The minimum absolute atomic E-state index is 0.0812. The van der Waals surface area contributed by atoms with Crippen LogP contribution in [0.2, 0.25) is 0 Å². The van der Waals surface area contributed by atoms with E-state index in [2.05, 4.69) is 19.6 Å². The highest BCUT2D eigenvalue weighted by molar-refractivity contribution is 7.13. The summed E-state index contributed by atoms with van der Waals surface area (Å²) < 4.78 is 41.9. The lowest BCUT2D eigenvalue weighted by Gasteiger charge is -2.02. The number of nitrogens with zero attached hydrogens (tertiary/aromatic N) is 3. The standard InChI is InChI=1S/C7H4F3N3OS/c1-3-12-6(13-14-3)4-5(7(8,9)10)11-2-15-4/h2H,1H3. The molecule has 0 unspecified atom stereocenters. The van der Waals surface area contributed by atoms with Gasteiger partial charge in [0.1, 0.15) is 4.88 Å². The van der Waals surface area contributed by atoms with Gasteiger partial charge in [-0.05, 0) is 0 Å². The second-order valence-electron chi connectivity index (χ2n) is 2.66. The average Bonchev–Trinajstić information content (AvgIpc) is 2.68. The Morgan fingerprint density at radius 2 is 2.13 bits per heavy atom. The Morgan fingerprint density at radius 1 is 1.40 bits per heavy atom. The van der Waals surface area contributed by atoms with Gasteiger partial charge in [-0.3, -0.25) is 0 Å². The molecule has 2 aromatic rings. The number of aryl methyl sites for hydroxylation is 1. The Balaban J connectivity index is 2.50. The number of hydrogen-bond donors (Lipinski definition) is 0. The smallest absolute Gasteiger partial charge is 0.339 e. The van der Waals surface area contributed by atoms with Gasteiger partial charge in [0.25, 0.3) is 0 Å². The predicted molar refractivity (Wildman–Crippen MR) is 45.1 cm³/mol. The van der Waals surface area contributed by atoms with Crippen LogP contribution in [0.5, 0.6) is 0 Å². The second-order valence-corrected chi connectivity index (χ2v) is 3.52. The summed E-state index contributed by atoms with van der Waals surface area (Å²) in [4.78, 5) is 6.84. The van der Waals surface area contributed by atoms with Gasteiger partial charge in [-0.1, -0.05) is 5.16 Å². The van der Waals surface area contributed by atoms with E-state index in [9.17, 15) is 13.2 Å². The third kappa shape index (κ3) is 1.84. The van der Waals surface area contributed by atoms with E-state index in [1.807, 2.05) is 0 Å². The molecule has 0 saturated heterocycles. The van der Waals surface area contributed by atoms with E-state index in [1.54, 1.807) is 0 Å². The lowest BCUT2D eigenvalue weighted by Crippen LogP contribution is -2.07. The molecule has 0 aromatic carbocycles. The minimum atomic E-state index is -4.50. The van der Waals surface area contributed by atoms with Gasteiger partial charge in [-0.25, -0.2) is 4.98 Å². The Hall–Kier alpha value is -1.44. The van der Waals surface area contributed by atoms with Gasteiger partial charge in [0.15, 0.2) is 5.69 Å². The van der Waals surface area contributed by atoms with Crippen LogP contribution in [0.4, 0.5) is 13.2 Å². The van der Waals surface area contributed by atoms with Gasteiger partial charge >= 0.3 is 6.18 Å². The van der Waals surface area contributed by atoms with Crippen molar-refractivity contribution in [1.82, 2.24) is 15.1 Å². The van der Waals surface area contributed by atoms with Crippen molar-refractivity contribution in [1.29, 1.82) is 0 Å². The molecule has 0 amide bonds. The molecule has 0 aliphatic carbocycles. The molecule has 2 aromatic heterocycles. The van der Waals surface area contributed by atoms with Crippen molar-refractivity contribution >= 4 is 11.3 Å². The lowest BCUT2D eigenvalue weighted by molar-refractivity contribution is -0.140. The van der Waals surface area contributed by atoms with Gasteiger partial charge in [0.05, 0.1) is 5.51 Å². The fourth-order valence-electron chi connectivity index (χ4n) is 0.998. The fraction of sp³-hybridized carbons (Fsp3) is 0.286. The molecule has 0 aliphatic heterocycles. The van der Waals surface area contributed by atoms with Crippen molar-refractivity contribution in [3.63, 3.8) is 0 Å². The number of alkyl halides is 3. The van der Waals surface area contributed by atoms with Crippen LogP contribution in [-0.4, -0.2) is 15.1 Å². The first-order valence-electron chi connectivity index (χ1n) is 3.80. The van der Waals surface area contributed by atoms with Crippen molar-refractivity contribution in [2.75, 3.05) is 0 Å². The predicted octanol–water partition coefficient (Wildman–Crippen LogP) is 2.52. The molecule has 0 bridgehead atoms. The summed E-state index contributed by atoms with van der Waals surface area (Å²) in [5.41, 5.74) is 0.123. The maximum Gasteiger partial charge on any atom is 0.434 e. The maximum absolute atomic E-state index is 12.4. The van der Waals surface area contributed by atoms with Crippen molar-refractivity contribution in [3.8, 4) is 10.7 Å². The summed E-state index contributed by atoms with van der Waals surface area (Å²) in [7, 11) is 0. The van der Waals surface area contributed by atoms with Gasteiger partial charge in [0, 0.05) is 6.92 Å². The molecule has 0 saturated carbocycles. The van der Waals surface area contributed by atoms with E-state index >= 15 is 0 Å². The Kier molecular flexibility index (Phi) is 2.22. The monoisotopic (exact) mass is 235 g/mol. The van der Waals surface area contributed by atoms with Crippen molar-refractivity contribution in [2.45, 2.75) is 13.1 Å². The normalized spacial score (nSPS) is 12.0. The zero-order chi connectivity index (χ0) is 11.1. The Bertz CT molecular complexity index is 476. The Morgan fingerprint density at radius 3 is 2.67 bits per heavy atom. The zero-order valence-electron chi connectivity index (χ0n) is 7.37. The SMILES string of the molecule is Cc1nc(-c2scnc2C(F)(F)F)no1. The molecule has 15 heavy (non-hydrogen) atoms. The molecule has 0 radical (unpaired) electrons. The molecule has 0 N–H and O–H groups in total. The summed E-state index contributed by atoms with van der Waals surface area (Å²) in [5.74, 6) is 0.133. The summed E-state index contributed by atoms with van der Waals surface area (Å²) in [6.07, 6.45) is -4.50. The highest BCUT2D eigenvalue weighted by Gasteiger charge is 2.37. The summed E-state index contributed by atoms with van der Waals surface area (Å²) >= 11 is 0.827. The van der Waals surface area contributed by atoms with Gasteiger partial charge in [0.2, 0.25) is 11.7 Å². The van der Waals surface area contributed by atoms with Crippen LogP contribution in [0.25, 0.3) is 10.7 Å². The topological polar surface area (TPSA) is 51.8 Å². The zero-order valence-corrected chi connectivity index (χ0v) is 8.19. The molecule has 4 nitrogen and oxygen atoms in total. The number of aromatic nitrogens is 3. The molecule has 2 heterocycles. The maximum atomic E-state index is 12.4. The molecule has 80 valence electrons. The molecular formula is C7H4F3N3OS. The van der Waals surface area contributed by atoms with Crippen molar-refractivity contribution in [2.24, 2.45) is 0 Å². The largest absolute Gasteiger partial charge is 0.434 e. The van der Waals surface area contributed by atoms with Crippen LogP contribution in [0, 0.1) is 6.92 Å². The van der Waals surface area contributed by atoms with E-state index in [4.69, 9.17) is 0 Å². The molecule has 0 fully saturated rings. The number of hydrogen-bond acceptors (Lipinski definition) is 5. The summed E-state index contributed by atoms with van der Waals surface area (Å²) in [5, 5.41) is 3.42. The minimum Gasteiger partial charge on any atom is -0.339 e. The van der Waals surface area contributed by atoms with Crippen LogP contribution >= 0.6 is 11.3 Å². The second kappa shape index (κ2) is 3.30. The van der Waals surface area contributed by atoms with E-state index in [-0.39, 0.29) is 16.6 Å². The van der Waals surface area contributed by atoms with Crippen molar-refractivity contribution in [3.05, 3.63) is 17.1 Å². The first-order valence-corrected chi connectivity index (χ1v) is 4.68. The first-order chi connectivity index (χ1) is 6.98. The van der Waals surface area contributed by atoms with E-state index in [1.165, 1.54) is 6.92 Å². The van der Waals surface area contributed by atoms with E-state index in [0.717, 1.165) is 16.8 Å². The molecular weight excluding hydrogens is 231 g/mol. The summed E-state index contributed by atoms with van der Waals surface area (Å²) in [6.45, 7) is 1.50. The molecule has 8 heteroatoms. The molecule has 2 rings (SSSR count). The number of thiazole rings is 1. The molecule has 0 spiro atoms. The van der Waals surface area contributed by atoms with E-state index < -0.39 is 11.9 Å². The van der Waals surface area contributed by atoms with E-state index in [0.29, 0.717) is 0 Å². The highest BCUT2D eigenvalue weighted by Crippen LogP contribution is 2.37. The third-order valence-electron chi connectivity index (χ3n) is 1.57. The van der Waals surface area contributed by atoms with Crippen LogP contribution in [-0.2, 0) is 6.18 Å². The van der Waals surface area contributed by atoms with Gasteiger partial charge in [-0.15, -0.1) is 11.3 Å². The first kappa shape index (κ1) is 10.1. The highest BCUT2D eigenvalue weighted by atomic mass is 32.1. The van der Waals surface area contributed by atoms with Crippen LogP contribution < -0.4 is 0 Å². The van der Waals surface area contributed by atoms with Gasteiger partial charge in [-0.2, -0.15) is 18.2 Å². The number of halogens is 3. The quantitative estimate of drug-likeness (QED) is 0.762. The van der Waals surface area contributed by atoms with Crippen LogP contribution in [0.15, 0.2) is 10.0 Å².